The molecule has 1 aliphatic rings. The van der Waals surface area contributed by atoms with Crippen LogP contribution in [0.3, 0.4) is 0 Å². The molecule has 20 heavy (non-hydrogen) atoms. The maximum atomic E-state index is 10.7. The van der Waals surface area contributed by atoms with Crippen LogP contribution < -0.4 is 4.74 Å². The van der Waals surface area contributed by atoms with Crippen LogP contribution in [0.25, 0.3) is 11.3 Å². The van der Waals surface area contributed by atoms with E-state index in [0.29, 0.717) is 22.0 Å². The minimum Gasteiger partial charge on any atom is -0.489 e. The third kappa shape index (κ3) is 2.49. The molecule has 0 unspecified atom stereocenters. The van der Waals surface area contributed by atoms with Crippen LogP contribution in [0.1, 0.15) is 29.8 Å². The van der Waals surface area contributed by atoms with E-state index in [-0.39, 0.29) is 11.9 Å². The Kier molecular flexibility index (Phi) is 3.36. The summed E-state index contributed by atoms with van der Waals surface area (Å²) in [7, 11) is 0. The summed E-state index contributed by atoms with van der Waals surface area (Å²) < 4.78 is 10.5. The fourth-order valence-corrected chi connectivity index (χ4v) is 2.16. The Hall–Kier alpha value is -2.01. The molecule has 104 valence electrons. The van der Waals surface area contributed by atoms with E-state index in [0.717, 1.165) is 12.8 Å². The summed E-state index contributed by atoms with van der Waals surface area (Å²) in [5, 5.41) is 13.0. The molecule has 3 rings (SSSR count). The van der Waals surface area contributed by atoms with Gasteiger partial charge in [0.15, 0.2) is 0 Å². The lowest BCUT2D eigenvalue weighted by atomic mass is 9.96. The van der Waals surface area contributed by atoms with E-state index in [1.165, 1.54) is 12.5 Å². The van der Waals surface area contributed by atoms with Crippen molar-refractivity contribution in [3.05, 3.63) is 35.0 Å². The highest BCUT2D eigenvalue weighted by Gasteiger charge is 2.20. The van der Waals surface area contributed by atoms with E-state index >= 15 is 0 Å². The van der Waals surface area contributed by atoms with Crippen molar-refractivity contribution in [1.82, 2.24) is 5.16 Å². The van der Waals surface area contributed by atoms with Gasteiger partial charge in [0.1, 0.15) is 11.4 Å². The zero-order chi connectivity index (χ0) is 14.1. The fourth-order valence-electron chi connectivity index (χ4n) is 1.94. The SMILES string of the molecule is O=C(O)c1cc(-c2ccc(OC3CCC3)c(Cl)c2)no1. The van der Waals surface area contributed by atoms with Gasteiger partial charge in [-0.25, -0.2) is 4.79 Å². The average molecular weight is 294 g/mol. The zero-order valence-corrected chi connectivity index (χ0v) is 11.3. The molecule has 1 N–H and O–H groups in total. The first kappa shape index (κ1) is 13.0. The second-order valence-corrected chi connectivity index (χ2v) is 5.10. The number of nitrogens with zero attached hydrogens (tertiary/aromatic N) is 1. The highest BCUT2D eigenvalue weighted by Crippen LogP contribution is 2.33. The third-order valence-corrected chi connectivity index (χ3v) is 3.59. The molecule has 0 spiro atoms. The van der Waals surface area contributed by atoms with Crippen LogP contribution in [-0.2, 0) is 0 Å². The zero-order valence-electron chi connectivity index (χ0n) is 10.5. The molecule has 2 aromatic rings. The number of hydrogen-bond donors (Lipinski definition) is 1. The first-order valence-electron chi connectivity index (χ1n) is 6.30. The van der Waals surface area contributed by atoms with Crippen molar-refractivity contribution in [2.45, 2.75) is 25.4 Å². The Bertz CT molecular complexity index is 648. The molecule has 1 saturated carbocycles. The summed E-state index contributed by atoms with van der Waals surface area (Å²) in [5.74, 6) is -0.715. The summed E-state index contributed by atoms with van der Waals surface area (Å²) in [6.45, 7) is 0. The normalized spacial score (nSPS) is 14.8. The second-order valence-electron chi connectivity index (χ2n) is 4.70. The quantitative estimate of drug-likeness (QED) is 0.932. The number of hydrogen-bond acceptors (Lipinski definition) is 4. The molecule has 0 saturated heterocycles. The van der Waals surface area contributed by atoms with Gasteiger partial charge in [-0.3, -0.25) is 0 Å². The molecule has 0 bridgehead atoms. The molecule has 1 heterocycles. The number of carbonyl (C=O) groups is 1. The molecular formula is C14H12ClNO4. The third-order valence-electron chi connectivity index (χ3n) is 3.29. The van der Waals surface area contributed by atoms with E-state index in [9.17, 15) is 4.79 Å². The minimum atomic E-state index is -1.15. The molecule has 6 heteroatoms. The summed E-state index contributed by atoms with van der Waals surface area (Å²) >= 11 is 6.17. The van der Waals surface area contributed by atoms with Gasteiger partial charge in [-0.2, -0.15) is 0 Å². The number of carboxylic acids is 1. The van der Waals surface area contributed by atoms with Gasteiger partial charge in [-0.15, -0.1) is 0 Å². The maximum Gasteiger partial charge on any atom is 0.374 e. The smallest absolute Gasteiger partial charge is 0.374 e. The lowest BCUT2D eigenvalue weighted by Crippen LogP contribution is -2.24. The molecule has 0 aliphatic heterocycles. The summed E-state index contributed by atoms with van der Waals surface area (Å²) in [6.07, 6.45) is 3.56. The van der Waals surface area contributed by atoms with Gasteiger partial charge in [0.05, 0.1) is 11.1 Å². The number of rotatable bonds is 4. The molecule has 1 aromatic carbocycles. The molecule has 1 aromatic heterocycles. The highest BCUT2D eigenvalue weighted by atomic mass is 35.5. The van der Waals surface area contributed by atoms with Crippen molar-refractivity contribution in [1.29, 1.82) is 0 Å². The Labute approximate surface area is 120 Å². The molecule has 1 fully saturated rings. The minimum absolute atomic E-state index is 0.203. The molecule has 0 amide bonds. The van der Waals surface area contributed by atoms with Crippen LogP contribution in [0.2, 0.25) is 5.02 Å². The Morgan fingerprint density at radius 3 is 2.75 bits per heavy atom. The van der Waals surface area contributed by atoms with Crippen LogP contribution in [0, 0.1) is 0 Å². The largest absolute Gasteiger partial charge is 0.489 e. The number of halogens is 1. The van der Waals surface area contributed by atoms with Crippen LogP contribution in [-0.4, -0.2) is 22.3 Å². The Balaban J connectivity index is 1.83. The number of ether oxygens (including phenoxy) is 1. The van der Waals surface area contributed by atoms with Crippen molar-refractivity contribution in [3.63, 3.8) is 0 Å². The van der Waals surface area contributed by atoms with Gasteiger partial charge < -0.3 is 14.4 Å². The topological polar surface area (TPSA) is 72.6 Å². The van der Waals surface area contributed by atoms with Crippen LogP contribution >= 0.6 is 11.6 Å². The monoisotopic (exact) mass is 293 g/mol. The van der Waals surface area contributed by atoms with Gasteiger partial charge in [-0.05, 0) is 37.5 Å². The molecule has 5 nitrogen and oxygen atoms in total. The summed E-state index contributed by atoms with van der Waals surface area (Å²) in [4.78, 5) is 10.7. The molecule has 0 radical (unpaired) electrons. The Morgan fingerprint density at radius 1 is 1.40 bits per heavy atom. The number of aromatic nitrogens is 1. The van der Waals surface area contributed by atoms with E-state index in [1.54, 1.807) is 18.2 Å². The summed E-state index contributed by atoms with van der Waals surface area (Å²) in [6, 6.07) is 6.61. The maximum absolute atomic E-state index is 10.7. The van der Waals surface area contributed by atoms with Crippen LogP contribution in [0.15, 0.2) is 28.8 Å². The van der Waals surface area contributed by atoms with Crippen molar-refractivity contribution in [2.24, 2.45) is 0 Å². The van der Waals surface area contributed by atoms with Crippen molar-refractivity contribution in [3.8, 4) is 17.0 Å². The van der Waals surface area contributed by atoms with Crippen LogP contribution in [0.4, 0.5) is 0 Å². The van der Waals surface area contributed by atoms with Gasteiger partial charge in [0.2, 0.25) is 5.76 Å². The molecule has 0 atom stereocenters. The van der Waals surface area contributed by atoms with E-state index in [1.807, 2.05) is 0 Å². The fraction of sp³-hybridized carbons (Fsp3) is 0.286. The van der Waals surface area contributed by atoms with Gasteiger partial charge in [-0.1, -0.05) is 16.8 Å². The van der Waals surface area contributed by atoms with Crippen molar-refractivity contribution in [2.75, 3.05) is 0 Å². The lowest BCUT2D eigenvalue weighted by Gasteiger charge is -2.26. The van der Waals surface area contributed by atoms with E-state index in [4.69, 9.17) is 26.0 Å². The predicted octanol–water partition coefficient (Wildman–Crippen LogP) is 3.62. The van der Waals surface area contributed by atoms with Gasteiger partial charge >= 0.3 is 5.97 Å². The first-order valence-corrected chi connectivity index (χ1v) is 6.68. The molecular weight excluding hydrogens is 282 g/mol. The second kappa shape index (κ2) is 5.17. The standard InChI is InChI=1S/C14H12ClNO4/c15-10-6-8(11-7-13(14(17)18)20-16-11)4-5-12(10)19-9-2-1-3-9/h4-7,9H,1-3H2,(H,17,18). The number of carboxylic acid groups (broad SMARTS) is 1. The van der Waals surface area contributed by atoms with Crippen LogP contribution in [0.5, 0.6) is 5.75 Å². The predicted molar refractivity (Wildman–Crippen MR) is 72.2 cm³/mol. The Morgan fingerprint density at radius 2 is 2.20 bits per heavy atom. The highest BCUT2D eigenvalue weighted by molar-refractivity contribution is 6.32. The summed E-state index contributed by atoms with van der Waals surface area (Å²) in [5.41, 5.74) is 1.12. The van der Waals surface area contributed by atoms with Gasteiger partial charge in [0.25, 0.3) is 0 Å². The van der Waals surface area contributed by atoms with Crippen molar-refractivity contribution >= 4 is 17.6 Å². The number of benzene rings is 1. The van der Waals surface area contributed by atoms with E-state index < -0.39 is 5.97 Å². The van der Waals surface area contributed by atoms with Gasteiger partial charge in [0, 0.05) is 11.6 Å². The average Bonchev–Trinajstić information content (AvgIpc) is 2.84. The number of aromatic carboxylic acids is 1. The lowest BCUT2D eigenvalue weighted by molar-refractivity contribution is 0.0652. The molecule has 1 aliphatic carbocycles. The van der Waals surface area contributed by atoms with E-state index in [2.05, 4.69) is 5.16 Å². The first-order chi connectivity index (χ1) is 9.63. The van der Waals surface area contributed by atoms with Crippen molar-refractivity contribution < 1.29 is 19.2 Å².